The predicted octanol–water partition coefficient (Wildman–Crippen LogP) is 4.90. The van der Waals surface area contributed by atoms with E-state index in [0.717, 1.165) is 31.7 Å². The van der Waals surface area contributed by atoms with Gasteiger partial charge < -0.3 is 10.2 Å². The first-order valence-corrected chi connectivity index (χ1v) is 10.9. The Kier molecular flexibility index (Phi) is 6.96. The number of carbonyl (C=O) groups excluding carboxylic acids is 1. The zero-order valence-corrected chi connectivity index (χ0v) is 18.5. The molecular formula is C23H23F7N4O. The molecule has 5 nitrogen and oxygen atoms in total. The van der Waals surface area contributed by atoms with Gasteiger partial charge in [0.25, 0.3) is 0 Å². The van der Waals surface area contributed by atoms with E-state index in [1.54, 1.807) is 12.1 Å². The number of hydrogen-bond acceptors (Lipinski definition) is 3. The number of urea groups is 1. The van der Waals surface area contributed by atoms with Crippen molar-refractivity contribution in [1.82, 2.24) is 14.7 Å². The number of anilines is 1. The molecule has 2 amide bonds. The fourth-order valence-electron chi connectivity index (χ4n) is 4.22. The van der Waals surface area contributed by atoms with Crippen LogP contribution in [0.25, 0.3) is 0 Å². The van der Waals surface area contributed by atoms with Gasteiger partial charge in [-0.05, 0) is 35.9 Å². The van der Waals surface area contributed by atoms with Gasteiger partial charge in [-0.25, -0.2) is 9.18 Å². The van der Waals surface area contributed by atoms with Crippen molar-refractivity contribution in [3.8, 4) is 0 Å². The fourth-order valence-corrected chi connectivity index (χ4v) is 4.22. The maximum absolute atomic E-state index is 13.0. The summed E-state index contributed by atoms with van der Waals surface area (Å²) in [6.45, 7) is 4.43. The number of nitrogens with one attached hydrogen (secondary N) is 1. The van der Waals surface area contributed by atoms with Crippen molar-refractivity contribution in [3.63, 3.8) is 0 Å². The van der Waals surface area contributed by atoms with Crippen LogP contribution in [-0.2, 0) is 18.9 Å². The summed E-state index contributed by atoms with van der Waals surface area (Å²) >= 11 is 0. The third-order valence-corrected chi connectivity index (χ3v) is 6.23. The highest BCUT2D eigenvalue weighted by Gasteiger charge is 2.39. The molecule has 2 heterocycles. The SMILES string of the molecule is O=C(Nc1cc(C(F)(F)F)cc(C(F)(F)F)c1)N1CC(N2CCN(Cc3ccc(F)cc3)CC2)C1. The predicted molar refractivity (Wildman–Crippen MR) is 114 cm³/mol. The van der Waals surface area contributed by atoms with E-state index in [4.69, 9.17) is 0 Å². The average Bonchev–Trinajstić information content (AvgIpc) is 2.74. The second-order valence-electron chi connectivity index (χ2n) is 8.72. The highest BCUT2D eigenvalue weighted by atomic mass is 19.4. The molecular weight excluding hydrogens is 481 g/mol. The van der Waals surface area contributed by atoms with Gasteiger partial charge in [0.15, 0.2) is 0 Å². The Balaban J connectivity index is 1.28. The molecule has 0 unspecified atom stereocenters. The molecule has 2 aliphatic heterocycles. The van der Waals surface area contributed by atoms with Crippen LogP contribution in [0.3, 0.4) is 0 Å². The lowest BCUT2D eigenvalue weighted by Gasteiger charge is -2.48. The maximum Gasteiger partial charge on any atom is 0.416 e. The van der Waals surface area contributed by atoms with Gasteiger partial charge in [-0.15, -0.1) is 0 Å². The number of carbonyl (C=O) groups is 1. The summed E-state index contributed by atoms with van der Waals surface area (Å²) < 4.78 is 91.2. The zero-order chi connectivity index (χ0) is 25.4. The molecule has 190 valence electrons. The molecule has 0 spiro atoms. The number of likely N-dealkylation sites (tertiary alicyclic amines) is 1. The van der Waals surface area contributed by atoms with E-state index in [1.165, 1.54) is 17.0 Å². The lowest BCUT2D eigenvalue weighted by molar-refractivity contribution is -0.143. The molecule has 0 aliphatic carbocycles. The second kappa shape index (κ2) is 9.65. The van der Waals surface area contributed by atoms with Crippen LogP contribution in [0.15, 0.2) is 42.5 Å². The van der Waals surface area contributed by atoms with Gasteiger partial charge in [0.05, 0.1) is 11.1 Å². The van der Waals surface area contributed by atoms with Crippen molar-refractivity contribution in [1.29, 1.82) is 0 Å². The Morgan fingerprint density at radius 2 is 1.40 bits per heavy atom. The van der Waals surface area contributed by atoms with Crippen molar-refractivity contribution in [3.05, 3.63) is 65.0 Å². The van der Waals surface area contributed by atoms with Crippen LogP contribution >= 0.6 is 0 Å². The number of hydrogen-bond donors (Lipinski definition) is 1. The molecule has 1 N–H and O–H groups in total. The largest absolute Gasteiger partial charge is 0.416 e. The van der Waals surface area contributed by atoms with Crippen LogP contribution < -0.4 is 5.32 Å². The van der Waals surface area contributed by atoms with Crippen LogP contribution in [0.1, 0.15) is 16.7 Å². The summed E-state index contributed by atoms with van der Waals surface area (Å²) in [4.78, 5) is 18.2. The molecule has 2 aromatic carbocycles. The van der Waals surface area contributed by atoms with E-state index in [1.807, 2.05) is 0 Å². The summed E-state index contributed by atoms with van der Waals surface area (Å²) in [5.41, 5.74) is -2.52. The Morgan fingerprint density at radius 3 is 1.91 bits per heavy atom. The fraction of sp³-hybridized carbons (Fsp3) is 0.435. The van der Waals surface area contributed by atoms with Gasteiger partial charge in [0.1, 0.15) is 5.82 Å². The first-order valence-electron chi connectivity index (χ1n) is 10.9. The van der Waals surface area contributed by atoms with E-state index in [2.05, 4.69) is 15.1 Å². The number of piperazine rings is 1. The summed E-state index contributed by atoms with van der Waals surface area (Å²) in [7, 11) is 0. The standard InChI is InChI=1S/C23H23F7N4O/c24-18-3-1-15(2-4-18)12-32-5-7-33(8-6-32)20-13-34(14-20)21(35)31-19-10-16(22(25,26)27)9-17(11-19)23(28,29)30/h1-4,9-11,20H,5-8,12-14H2,(H,31,35). The van der Waals surface area contributed by atoms with Crippen LogP contribution in [0.4, 0.5) is 41.2 Å². The topological polar surface area (TPSA) is 38.8 Å². The van der Waals surface area contributed by atoms with Crippen molar-refractivity contribution < 1.29 is 35.5 Å². The minimum absolute atomic E-state index is 0.0189. The van der Waals surface area contributed by atoms with Gasteiger partial charge in [-0.1, -0.05) is 12.1 Å². The zero-order valence-electron chi connectivity index (χ0n) is 18.5. The molecule has 2 saturated heterocycles. The summed E-state index contributed by atoms with van der Waals surface area (Å²) in [6.07, 6.45) is -9.97. The van der Waals surface area contributed by atoms with Crippen LogP contribution in [-0.4, -0.2) is 66.0 Å². The highest BCUT2D eigenvalue weighted by molar-refractivity contribution is 5.90. The smallest absolute Gasteiger partial charge is 0.321 e. The van der Waals surface area contributed by atoms with Crippen molar-refractivity contribution in [2.75, 3.05) is 44.6 Å². The van der Waals surface area contributed by atoms with E-state index in [-0.39, 0.29) is 17.9 Å². The van der Waals surface area contributed by atoms with Crippen LogP contribution in [0.5, 0.6) is 0 Å². The first-order chi connectivity index (χ1) is 16.4. The molecule has 0 aromatic heterocycles. The molecule has 2 aliphatic rings. The third kappa shape index (κ3) is 6.23. The van der Waals surface area contributed by atoms with Crippen molar-refractivity contribution in [2.24, 2.45) is 0 Å². The number of alkyl halides is 6. The van der Waals surface area contributed by atoms with E-state index in [9.17, 15) is 35.5 Å². The Hall–Kier alpha value is -2.86. The molecule has 0 bridgehead atoms. The van der Waals surface area contributed by atoms with E-state index in [0.29, 0.717) is 31.8 Å². The second-order valence-corrected chi connectivity index (χ2v) is 8.72. The maximum atomic E-state index is 13.0. The minimum atomic E-state index is -4.98. The van der Waals surface area contributed by atoms with Crippen molar-refractivity contribution >= 4 is 11.7 Å². The highest BCUT2D eigenvalue weighted by Crippen LogP contribution is 2.37. The van der Waals surface area contributed by atoms with Crippen molar-refractivity contribution in [2.45, 2.75) is 24.9 Å². The molecule has 0 atom stereocenters. The van der Waals surface area contributed by atoms with Crippen LogP contribution in [0, 0.1) is 5.82 Å². The van der Waals surface area contributed by atoms with Gasteiger partial charge in [-0.2, -0.15) is 26.3 Å². The lowest BCUT2D eigenvalue weighted by atomic mass is 10.1. The van der Waals surface area contributed by atoms with Gasteiger partial charge in [0.2, 0.25) is 0 Å². The number of nitrogens with zero attached hydrogens (tertiary/aromatic N) is 3. The van der Waals surface area contributed by atoms with Gasteiger partial charge in [-0.3, -0.25) is 9.80 Å². The Morgan fingerprint density at radius 1 is 0.857 bits per heavy atom. The molecule has 4 rings (SSSR count). The number of amides is 2. The summed E-state index contributed by atoms with van der Waals surface area (Å²) in [5.74, 6) is -0.286. The molecule has 12 heteroatoms. The monoisotopic (exact) mass is 504 g/mol. The third-order valence-electron chi connectivity index (χ3n) is 6.23. The molecule has 0 saturated carbocycles. The Bertz CT molecular complexity index is 1010. The summed E-state index contributed by atoms with van der Waals surface area (Å²) in [6, 6.07) is 6.65. The minimum Gasteiger partial charge on any atom is -0.321 e. The normalized spacial score (nSPS) is 18.4. The molecule has 2 aromatic rings. The Labute approximate surface area is 197 Å². The van der Waals surface area contributed by atoms with E-state index >= 15 is 0 Å². The van der Waals surface area contributed by atoms with E-state index < -0.39 is 35.2 Å². The molecule has 2 fully saturated rings. The lowest BCUT2D eigenvalue weighted by Crippen LogP contribution is -2.64. The van der Waals surface area contributed by atoms with Gasteiger partial charge >= 0.3 is 18.4 Å². The quantitative estimate of drug-likeness (QED) is 0.603. The number of rotatable bonds is 4. The van der Waals surface area contributed by atoms with Gasteiger partial charge in [0, 0.05) is 57.5 Å². The van der Waals surface area contributed by atoms with Crippen LogP contribution in [0.2, 0.25) is 0 Å². The molecule has 0 radical (unpaired) electrons. The summed E-state index contributed by atoms with van der Waals surface area (Å²) in [5, 5.41) is 2.16. The molecule has 35 heavy (non-hydrogen) atoms. The number of benzene rings is 2. The first kappa shape index (κ1) is 25.2. The average molecular weight is 504 g/mol. The number of halogens is 7.